The predicted octanol–water partition coefficient (Wildman–Crippen LogP) is 2.92. The minimum atomic E-state index is -5.47. The lowest BCUT2D eigenvalue weighted by Gasteiger charge is -2.27. The number of benzene rings is 2. The van der Waals surface area contributed by atoms with Gasteiger partial charge in [0.05, 0.1) is 25.6 Å². The van der Waals surface area contributed by atoms with Gasteiger partial charge in [-0.05, 0) is 17.7 Å². The van der Waals surface area contributed by atoms with Gasteiger partial charge < -0.3 is 14.6 Å². The average Bonchev–Trinajstić information content (AvgIpc) is 2.96. The summed E-state index contributed by atoms with van der Waals surface area (Å²) in [5.74, 6) is -2.94. The number of esters is 1. The molecule has 0 saturated carbocycles. The Bertz CT molecular complexity index is 987. The maximum Gasteiger partial charge on any atom is 0.431 e. The highest BCUT2D eigenvalue weighted by molar-refractivity contribution is 6.25. The Morgan fingerprint density at radius 1 is 1.07 bits per heavy atom. The third-order valence-electron chi connectivity index (χ3n) is 4.49. The molecule has 0 saturated heterocycles. The van der Waals surface area contributed by atoms with Crippen LogP contribution in [0.2, 0.25) is 0 Å². The molecule has 0 aliphatic carbocycles. The van der Waals surface area contributed by atoms with Gasteiger partial charge in [0, 0.05) is 6.07 Å². The summed E-state index contributed by atoms with van der Waals surface area (Å²) in [7, 11) is 2.22. The van der Waals surface area contributed by atoms with Crippen LogP contribution < -0.4 is 9.64 Å². The van der Waals surface area contributed by atoms with Crippen molar-refractivity contribution in [2.24, 2.45) is 0 Å². The van der Waals surface area contributed by atoms with Crippen LogP contribution in [-0.4, -0.2) is 43.0 Å². The highest BCUT2D eigenvalue weighted by Crippen LogP contribution is 2.49. The summed E-state index contributed by atoms with van der Waals surface area (Å²) in [6.45, 7) is 0. The van der Waals surface area contributed by atoms with Crippen LogP contribution in [0, 0.1) is 0 Å². The summed E-state index contributed by atoms with van der Waals surface area (Å²) in [6.07, 6.45) is -5.47. The van der Waals surface area contributed by atoms with E-state index < -0.39 is 34.9 Å². The van der Waals surface area contributed by atoms with Crippen molar-refractivity contribution in [2.75, 3.05) is 19.1 Å². The van der Waals surface area contributed by atoms with Gasteiger partial charge in [-0.25, -0.2) is 4.79 Å². The number of hydrogen-bond acceptors (Lipinski definition) is 5. The van der Waals surface area contributed by atoms with Gasteiger partial charge in [-0.15, -0.1) is 0 Å². The minimum absolute atomic E-state index is 0.0187. The Morgan fingerprint density at radius 3 is 2.28 bits per heavy atom. The third-order valence-corrected chi connectivity index (χ3v) is 4.49. The first-order chi connectivity index (χ1) is 13.7. The van der Waals surface area contributed by atoms with Crippen LogP contribution in [0.3, 0.4) is 0 Å². The van der Waals surface area contributed by atoms with E-state index in [4.69, 9.17) is 4.74 Å². The quantitative estimate of drug-likeness (QED) is 0.789. The van der Waals surface area contributed by atoms with E-state index in [0.717, 1.165) is 7.11 Å². The second-order valence-corrected chi connectivity index (χ2v) is 6.13. The van der Waals surface area contributed by atoms with Gasteiger partial charge in [-0.3, -0.25) is 9.69 Å². The SMILES string of the molecule is COC(=O)C1=C(c2ccccc2)N(c2cccc(OC)c2)C(=O)C1(O)C(F)(F)F. The summed E-state index contributed by atoms with van der Waals surface area (Å²) in [4.78, 5) is 26.0. The van der Waals surface area contributed by atoms with Crippen molar-refractivity contribution in [1.29, 1.82) is 0 Å². The maximum absolute atomic E-state index is 13.9. The molecule has 1 N–H and O–H groups in total. The number of aliphatic hydroxyl groups is 1. The lowest BCUT2D eigenvalue weighted by atomic mass is 9.92. The summed E-state index contributed by atoms with van der Waals surface area (Å²) in [6, 6.07) is 13.2. The number of alkyl halides is 3. The van der Waals surface area contributed by atoms with Crippen molar-refractivity contribution in [3.8, 4) is 5.75 Å². The number of ether oxygens (including phenoxy) is 2. The largest absolute Gasteiger partial charge is 0.497 e. The molecular weight excluding hydrogens is 391 g/mol. The smallest absolute Gasteiger partial charge is 0.431 e. The van der Waals surface area contributed by atoms with Gasteiger partial charge in [0.25, 0.3) is 11.5 Å². The van der Waals surface area contributed by atoms with Gasteiger partial charge >= 0.3 is 12.1 Å². The van der Waals surface area contributed by atoms with E-state index in [-0.39, 0.29) is 17.0 Å². The standard InChI is InChI=1S/C20H16F3NO5/c1-28-14-10-6-9-13(11-14)24-16(12-7-4-3-5-8-12)15(17(25)29-2)19(27,18(24)26)20(21,22)23/h3-11,27H,1-2H3. The fourth-order valence-corrected chi connectivity index (χ4v) is 3.13. The van der Waals surface area contributed by atoms with E-state index in [1.807, 2.05) is 0 Å². The molecule has 0 fully saturated rings. The zero-order valence-electron chi connectivity index (χ0n) is 15.4. The second-order valence-electron chi connectivity index (χ2n) is 6.13. The van der Waals surface area contributed by atoms with Crippen LogP contribution in [-0.2, 0) is 14.3 Å². The Morgan fingerprint density at radius 2 is 1.72 bits per heavy atom. The summed E-state index contributed by atoms with van der Waals surface area (Å²) in [5, 5.41) is 10.5. The first-order valence-corrected chi connectivity index (χ1v) is 8.33. The Kier molecular flexibility index (Phi) is 5.10. The van der Waals surface area contributed by atoms with Crippen molar-refractivity contribution in [2.45, 2.75) is 11.8 Å². The Hall–Kier alpha value is -3.33. The van der Waals surface area contributed by atoms with Crippen LogP contribution in [0.1, 0.15) is 5.56 Å². The van der Waals surface area contributed by atoms with Gasteiger partial charge in [0.15, 0.2) is 0 Å². The number of halogens is 3. The molecule has 29 heavy (non-hydrogen) atoms. The molecule has 9 heteroatoms. The zero-order chi connectivity index (χ0) is 21.4. The molecule has 3 rings (SSSR count). The summed E-state index contributed by atoms with van der Waals surface area (Å²) in [5.41, 5.74) is -5.60. The highest BCUT2D eigenvalue weighted by atomic mass is 19.4. The number of carbonyl (C=O) groups excluding carboxylic acids is 2. The van der Waals surface area contributed by atoms with Crippen LogP contribution >= 0.6 is 0 Å². The van der Waals surface area contributed by atoms with Gasteiger partial charge in [0.1, 0.15) is 11.3 Å². The van der Waals surface area contributed by atoms with E-state index in [0.29, 0.717) is 4.90 Å². The lowest BCUT2D eigenvalue weighted by molar-refractivity contribution is -0.236. The number of amides is 1. The van der Waals surface area contributed by atoms with Gasteiger partial charge in [-0.2, -0.15) is 13.2 Å². The van der Waals surface area contributed by atoms with Crippen molar-refractivity contribution < 1.29 is 37.3 Å². The lowest BCUT2D eigenvalue weighted by Crippen LogP contribution is -2.55. The topological polar surface area (TPSA) is 76.1 Å². The molecule has 0 aromatic heterocycles. The third kappa shape index (κ3) is 3.13. The number of nitrogens with zero attached hydrogens (tertiary/aromatic N) is 1. The Labute approximate surface area is 163 Å². The summed E-state index contributed by atoms with van der Waals surface area (Å²) >= 11 is 0. The predicted molar refractivity (Wildman–Crippen MR) is 96.9 cm³/mol. The molecule has 0 bridgehead atoms. The molecule has 1 amide bonds. The average molecular weight is 407 g/mol. The molecule has 6 nitrogen and oxygen atoms in total. The first kappa shape index (κ1) is 20.4. The van der Waals surface area contributed by atoms with Crippen molar-refractivity contribution in [1.82, 2.24) is 0 Å². The monoisotopic (exact) mass is 407 g/mol. The number of hydrogen-bond donors (Lipinski definition) is 1. The Balaban J connectivity index is 2.39. The van der Waals surface area contributed by atoms with Gasteiger partial charge in [-0.1, -0.05) is 36.4 Å². The molecule has 1 unspecified atom stereocenters. The van der Waals surface area contributed by atoms with Crippen molar-refractivity contribution in [3.05, 3.63) is 65.7 Å². The van der Waals surface area contributed by atoms with E-state index >= 15 is 0 Å². The fourth-order valence-electron chi connectivity index (χ4n) is 3.13. The minimum Gasteiger partial charge on any atom is -0.497 e. The molecule has 1 aliphatic heterocycles. The number of carbonyl (C=O) groups is 2. The van der Waals surface area contributed by atoms with Crippen LogP contribution in [0.25, 0.3) is 5.70 Å². The van der Waals surface area contributed by atoms with Crippen LogP contribution in [0.15, 0.2) is 60.2 Å². The normalized spacial score (nSPS) is 19.5. The fraction of sp³-hybridized carbons (Fsp3) is 0.200. The highest BCUT2D eigenvalue weighted by Gasteiger charge is 2.70. The van der Waals surface area contributed by atoms with E-state index in [1.165, 1.54) is 55.6 Å². The number of methoxy groups -OCH3 is 2. The molecule has 0 radical (unpaired) electrons. The van der Waals surface area contributed by atoms with E-state index in [9.17, 15) is 27.9 Å². The molecule has 1 heterocycles. The molecule has 1 aliphatic rings. The molecule has 1 atom stereocenters. The van der Waals surface area contributed by atoms with Gasteiger partial charge in [0.2, 0.25) is 0 Å². The van der Waals surface area contributed by atoms with Crippen molar-refractivity contribution >= 4 is 23.3 Å². The molecule has 0 spiro atoms. The second kappa shape index (κ2) is 7.25. The number of anilines is 1. The molecule has 152 valence electrons. The van der Waals surface area contributed by atoms with Crippen LogP contribution in [0.4, 0.5) is 18.9 Å². The zero-order valence-corrected chi connectivity index (χ0v) is 15.4. The van der Waals surface area contributed by atoms with E-state index in [1.54, 1.807) is 6.07 Å². The number of rotatable bonds is 4. The van der Waals surface area contributed by atoms with E-state index in [2.05, 4.69) is 4.74 Å². The van der Waals surface area contributed by atoms with Crippen molar-refractivity contribution in [3.63, 3.8) is 0 Å². The van der Waals surface area contributed by atoms with Crippen LogP contribution in [0.5, 0.6) is 5.75 Å². The summed E-state index contributed by atoms with van der Waals surface area (Å²) < 4.78 is 51.3. The first-order valence-electron chi connectivity index (χ1n) is 8.33. The molecular formula is C20H16F3NO5. The maximum atomic E-state index is 13.9. The molecule has 2 aromatic rings. The molecule has 2 aromatic carbocycles.